The van der Waals surface area contributed by atoms with Crippen molar-refractivity contribution in [3.05, 3.63) is 12.2 Å². The van der Waals surface area contributed by atoms with Gasteiger partial charge in [-0.25, -0.2) is 0 Å². The molecule has 2 nitrogen and oxygen atoms in total. The van der Waals surface area contributed by atoms with Crippen LogP contribution in [-0.4, -0.2) is 18.3 Å². The van der Waals surface area contributed by atoms with Crippen molar-refractivity contribution in [1.82, 2.24) is 0 Å². The van der Waals surface area contributed by atoms with E-state index in [0.29, 0.717) is 5.92 Å². The van der Waals surface area contributed by atoms with Crippen LogP contribution in [0.15, 0.2) is 12.2 Å². The molecule has 1 rings (SSSR count). The molecule has 0 amide bonds. The summed E-state index contributed by atoms with van der Waals surface area (Å²) in [5, 5.41) is 9.15. The second-order valence-corrected chi connectivity index (χ2v) is 4.10. The smallest absolute Gasteiger partial charge is 0.0519 e. The highest BCUT2D eigenvalue weighted by molar-refractivity contribution is 5.03. The van der Waals surface area contributed by atoms with E-state index in [9.17, 15) is 0 Å². The van der Waals surface area contributed by atoms with Crippen molar-refractivity contribution in [2.75, 3.05) is 13.2 Å². The monoisotopic (exact) mass is 169 g/mol. The number of allylic oxidation sites excluding steroid dienone is 1. The van der Waals surface area contributed by atoms with Crippen LogP contribution in [0, 0.1) is 11.3 Å². The first-order chi connectivity index (χ1) is 5.70. The Morgan fingerprint density at radius 2 is 2.42 bits per heavy atom. The highest BCUT2D eigenvalue weighted by atomic mass is 16.3. The molecule has 0 aromatic rings. The molecular formula is C10H19NO. The lowest BCUT2D eigenvalue weighted by molar-refractivity contribution is 0.146. The first kappa shape index (κ1) is 9.75. The van der Waals surface area contributed by atoms with E-state index in [1.54, 1.807) is 0 Å². The number of aliphatic hydroxyl groups is 1. The number of nitrogens with two attached hydrogens (primary N) is 1. The molecule has 0 aliphatic heterocycles. The van der Waals surface area contributed by atoms with Gasteiger partial charge in [0, 0.05) is 5.41 Å². The molecule has 0 saturated heterocycles. The molecule has 0 saturated carbocycles. The fourth-order valence-corrected chi connectivity index (χ4v) is 1.93. The van der Waals surface area contributed by atoms with E-state index in [1.807, 2.05) is 0 Å². The Morgan fingerprint density at radius 3 is 3.00 bits per heavy atom. The summed E-state index contributed by atoms with van der Waals surface area (Å²) in [6.07, 6.45) is 7.62. The highest BCUT2D eigenvalue weighted by Gasteiger charge is 2.26. The standard InChI is InChI=1S/C10H19NO/c1-10(8-12)5-2-3-9(7-10)4-6-11/h2,5,9,12H,3-4,6-8,11H2,1H3. The molecule has 2 atom stereocenters. The normalized spacial score (nSPS) is 35.4. The Morgan fingerprint density at radius 1 is 1.67 bits per heavy atom. The van der Waals surface area contributed by atoms with Crippen LogP contribution in [0.5, 0.6) is 0 Å². The topological polar surface area (TPSA) is 46.2 Å². The van der Waals surface area contributed by atoms with Gasteiger partial charge in [0.05, 0.1) is 6.61 Å². The summed E-state index contributed by atoms with van der Waals surface area (Å²) in [7, 11) is 0. The van der Waals surface area contributed by atoms with Crippen LogP contribution < -0.4 is 5.73 Å². The molecule has 0 heterocycles. The van der Waals surface area contributed by atoms with E-state index in [1.165, 1.54) is 0 Å². The molecule has 0 aromatic heterocycles. The predicted molar refractivity (Wildman–Crippen MR) is 50.7 cm³/mol. The fourth-order valence-electron chi connectivity index (χ4n) is 1.93. The van der Waals surface area contributed by atoms with Gasteiger partial charge in [-0.3, -0.25) is 0 Å². The molecule has 1 aliphatic rings. The maximum absolute atomic E-state index is 9.15. The molecule has 0 radical (unpaired) electrons. The molecule has 0 spiro atoms. The van der Waals surface area contributed by atoms with E-state index in [4.69, 9.17) is 10.8 Å². The molecule has 0 bridgehead atoms. The minimum Gasteiger partial charge on any atom is -0.395 e. The number of hydrogen-bond donors (Lipinski definition) is 2. The lowest BCUT2D eigenvalue weighted by Gasteiger charge is -2.32. The lowest BCUT2D eigenvalue weighted by atomic mass is 9.75. The highest BCUT2D eigenvalue weighted by Crippen LogP contribution is 2.34. The van der Waals surface area contributed by atoms with Crippen LogP contribution >= 0.6 is 0 Å². The van der Waals surface area contributed by atoms with Gasteiger partial charge in [-0.15, -0.1) is 0 Å². The average Bonchev–Trinajstić information content (AvgIpc) is 2.05. The quantitative estimate of drug-likeness (QED) is 0.625. The Labute approximate surface area is 74.5 Å². The molecule has 0 aromatic carbocycles. The molecule has 0 fully saturated rings. The van der Waals surface area contributed by atoms with Gasteiger partial charge in [-0.1, -0.05) is 19.1 Å². The first-order valence-corrected chi connectivity index (χ1v) is 4.69. The second-order valence-electron chi connectivity index (χ2n) is 4.10. The molecule has 2 heteroatoms. The Balaban J connectivity index is 2.50. The number of aliphatic hydroxyl groups excluding tert-OH is 1. The summed E-state index contributed by atoms with van der Waals surface area (Å²) in [6, 6.07) is 0. The molecule has 12 heavy (non-hydrogen) atoms. The van der Waals surface area contributed by atoms with Crippen molar-refractivity contribution in [3.63, 3.8) is 0 Å². The maximum atomic E-state index is 9.15. The zero-order chi connectivity index (χ0) is 9.03. The molecule has 70 valence electrons. The third-order valence-corrected chi connectivity index (χ3v) is 2.68. The summed E-state index contributed by atoms with van der Waals surface area (Å²) >= 11 is 0. The molecule has 3 N–H and O–H groups in total. The van der Waals surface area contributed by atoms with Gasteiger partial charge < -0.3 is 10.8 Å². The second kappa shape index (κ2) is 4.06. The van der Waals surface area contributed by atoms with Crippen molar-refractivity contribution < 1.29 is 5.11 Å². The summed E-state index contributed by atoms with van der Waals surface area (Å²) in [4.78, 5) is 0. The van der Waals surface area contributed by atoms with E-state index in [-0.39, 0.29) is 12.0 Å². The van der Waals surface area contributed by atoms with Gasteiger partial charge in [0.2, 0.25) is 0 Å². The van der Waals surface area contributed by atoms with Gasteiger partial charge in [0.25, 0.3) is 0 Å². The van der Waals surface area contributed by atoms with Crippen LogP contribution in [-0.2, 0) is 0 Å². The van der Waals surface area contributed by atoms with Gasteiger partial charge in [0.1, 0.15) is 0 Å². The van der Waals surface area contributed by atoms with Crippen LogP contribution in [0.1, 0.15) is 26.2 Å². The van der Waals surface area contributed by atoms with Crippen molar-refractivity contribution >= 4 is 0 Å². The predicted octanol–water partition coefficient (Wildman–Crippen LogP) is 1.30. The van der Waals surface area contributed by atoms with E-state index in [0.717, 1.165) is 25.8 Å². The average molecular weight is 169 g/mol. The van der Waals surface area contributed by atoms with Crippen molar-refractivity contribution in [1.29, 1.82) is 0 Å². The van der Waals surface area contributed by atoms with Gasteiger partial charge in [0.15, 0.2) is 0 Å². The third kappa shape index (κ3) is 2.32. The Kier molecular flexibility index (Phi) is 3.29. The molecular weight excluding hydrogens is 150 g/mol. The SMILES string of the molecule is CC1(CO)C=CCC(CCN)C1. The fraction of sp³-hybridized carbons (Fsp3) is 0.800. The summed E-state index contributed by atoms with van der Waals surface area (Å²) in [5.74, 6) is 0.678. The number of hydrogen-bond acceptors (Lipinski definition) is 2. The summed E-state index contributed by atoms with van der Waals surface area (Å²) in [5.41, 5.74) is 5.51. The third-order valence-electron chi connectivity index (χ3n) is 2.68. The Bertz CT molecular complexity index is 167. The van der Waals surface area contributed by atoms with E-state index < -0.39 is 0 Å². The minimum absolute atomic E-state index is 0.0120. The maximum Gasteiger partial charge on any atom is 0.0519 e. The van der Waals surface area contributed by atoms with Gasteiger partial charge in [-0.05, 0) is 31.7 Å². The van der Waals surface area contributed by atoms with E-state index in [2.05, 4.69) is 19.1 Å². The first-order valence-electron chi connectivity index (χ1n) is 4.69. The van der Waals surface area contributed by atoms with Crippen LogP contribution in [0.3, 0.4) is 0 Å². The summed E-state index contributed by atoms with van der Waals surface area (Å²) < 4.78 is 0. The zero-order valence-electron chi connectivity index (χ0n) is 7.79. The summed E-state index contributed by atoms with van der Waals surface area (Å²) in [6.45, 7) is 3.12. The van der Waals surface area contributed by atoms with Crippen molar-refractivity contribution in [3.8, 4) is 0 Å². The largest absolute Gasteiger partial charge is 0.395 e. The van der Waals surface area contributed by atoms with Crippen LogP contribution in [0.2, 0.25) is 0 Å². The van der Waals surface area contributed by atoms with Crippen molar-refractivity contribution in [2.45, 2.75) is 26.2 Å². The minimum atomic E-state index is 0.0120. The molecule has 1 aliphatic carbocycles. The van der Waals surface area contributed by atoms with Gasteiger partial charge >= 0.3 is 0 Å². The van der Waals surface area contributed by atoms with Gasteiger partial charge in [-0.2, -0.15) is 0 Å². The zero-order valence-corrected chi connectivity index (χ0v) is 7.79. The lowest BCUT2D eigenvalue weighted by Crippen LogP contribution is -2.26. The van der Waals surface area contributed by atoms with Crippen LogP contribution in [0.25, 0.3) is 0 Å². The van der Waals surface area contributed by atoms with E-state index >= 15 is 0 Å². The number of rotatable bonds is 3. The Hall–Kier alpha value is -0.340. The van der Waals surface area contributed by atoms with Crippen molar-refractivity contribution in [2.24, 2.45) is 17.1 Å². The van der Waals surface area contributed by atoms with Crippen LogP contribution in [0.4, 0.5) is 0 Å². The molecule has 2 unspecified atom stereocenters.